The van der Waals surface area contributed by atoms with Gasteiger partial charge in [-0.2, -0.15) is 16.9 Å². The zero-order chi connectivity index (χ0) is 12.2. The average Bonchev–Trinajstić information content (AvgIpc) is 2.67. The predicted octanol–water partition coefficient (Wildman–Crippen LogP) is 2.04. The third-order valence-corrected chi connectivity index (χ3v) is 3.69. The number of ether oxygens (including phenoxy) is 1. The van der Waals surface area contributed by atoms with Crippen molar-refractivity contribution in [2.75, 3.05) is 12.9 Å². The van der Waals surface area contributed by atoms with E-state index in [0.717, 1.165) is 5.56 Å². The Morgan fingerprint density at radius 3 is 2.88 bits per heavy atom. The molecule has 0 aliphatic heterocycles. The van der Waals surface area contributed by atoms with E-state index in [1.807, 2.05) is 6.20 Å². The molecule has 0 N–H and O–H groups in total. The first-order valence-electron chi connectivity index (χ1n) is 5.23. The van der Waals surface area contributed by atoms with Gasteiger partial charge in [0.2, 0.25) is 0 Å². The van der Waals surface area contributed by atoms with Crippen molar-refractivity contribution in [2.45, 2.75) is 32.1 Å². The predicted molar refractivity (Wildman–Crippen MR) is 65.4 cm³/mol. The van der Waals surface area contributed by atoms with Crippen molar-refractivity contribution in [3.05, 3.63) is 18.0 Å². The van der Waals surface area contributed by atoms with Gasteiger partial charge < -0.3 is 4.74 Å². The Hall–Kier alpha value is -0.970. The fourth-order valence-electron chi connectivity index (χ4n) is 1.22. The Morgan fingerprint density at radius 2 is 2.31 bits per heavy atom. The average molecular weight is 242 g/mol. The molecule has 4 nitrogen and oxygen atoms in total. The molecule has 1 rings (SSSR count). The van der Waals surface area contributed by atoms with Crippen LogP contribution in [0.1, 0.15) is 26.3 Å². The van der Waals surface area contributed by atoms with Crippen molar-refractivity contribution < 1.29 is 9.53 Å². The van der Waals surface area contributed by atoms with Crippen molar-refractivity contribution in [1.82, 2.24) is 9.78 Å². The molecule has 0 atom stereocenters. The van der Waals surface area contributed by atoms with E-state index in [4.69, 9.17) is 4.74 Å². The van der Waals surface area contributed by atoms with Gasteiger partial charge in [0.15, 0.2) is 0 Å². The molecule has 0 amide bonds. The molecule has 0 unspecified atom stereocenters. The molecule has 0 fully saturated rings. The van der Waals surface area contributed by atoms with Crippen LogP contribution in [-0.2, 0) is 20.8 Å². The van der Waals surface area contributed by atoms with Crippen molar-refractivity contribution in [1.29, 1.82) is 0 Å². The molecule has 0 aromatic carbocycles. The summed E-state index contributed by atoms with van der Waals surface area (Å²) in [5.41, 5.74) is 1.12. The second-order valence-corrected chi connectivity index (χ2v) is 5.37. The molecule has 90 valence electrons. The minimum Gasteiger partial charge on any atom is -0.465 e. The van der Waals surface area contributed by atoms with Crippen LogP contribution in [0.25, 0.3) is 0 Å². The Balaban J connectivity index is 2.68. The summed E-state index contributed by atoms with van der Waals surface area (Å²) in [5.74, 6) is -0.251. The second kappa shape index (κ2) is 5.39. The number of nitrogens with zero attached hydrogens (tertiary/aromatic N) is 2. The molecule has 5 heteroatoms. The summed E-state index contributed by atoms with van der Waals surface area (Å²) in [5, 5.41) is 4.16. The highest BCUT2D eigenvalue weighted by atomic mass is 32.2. The highest BCUT2D eigenvalue weighted by Crippen LogP contribution is 2.32. The number of hydrogen-bond donors (Lipinski definition) is 0. The quantitative estimate of drug-likeness (QED) is 0.741. The van der Waals surface area contributed by atoms with Crippen LogP contribution in [0.3, 0.4) is 0 Å². The SMILES string of the molecule is CCOC(=O)Cn1cc(C(C)(C)SC)cn1. The number of carbonyl (C=O) groups is 1. The Labute approximate surface area is 100 Å². The zero-order valence-corrected chi connectivity index (χ0v) is 11.0. The lowest BCUT2D eigenvalue weighted by Gasteiger charge is -2.19. The fraction of sp³-hybridized carbons (Fsp3) is 0.636. The highest BCUT2D eigenvalue weighted by Gasteiger charge is 2.21. The van der Waals surface area contributed by atoms with Gasteiger partial charge in [-0.15, -0.1) is 0 Å². The van der Waals surface area contributed by atoms with Crippen LogP contribution in [0.15, 0.2) is 12.4 Å². The summed E-state index contributed by atoms with van der Waals surface area (Å²) in [7, 11) is 0. The van der Waals surface area contributed by atoms with Gasteiger partial charge in [0, 0.05) is 16.5 Å². The van der Waals surface area contributed by atoms with E-state index in [-0.39, 0.29) is 17.3 Å². The van der Waals surface area contributed by atoms with Crippen molar-refractivity contribution in [2.24, 2.45) is 0 Å². The van der Waals surface area contributed by atoms with E-state index in [1.165, 1.54) is 0 Å². The van der Waals surface area contributed by atoms with Gasteiger partial charge >= 0.3 is 5.97 Å². The van der Waals surface area contributed by atoms with Gasteiger partial charge in [-0.1, -0.05) is 0 Å². The lowest BCUT2D eigenvalue weighted by Crippen LogP contribution is -2.14. The van der Waals surface area contributed by atoms with E-state index >= 15 is 0 Å². The maximum absolute atomic E-state index is 11.3. The van der Waals surface area contributed by atoms with Gasteiger partial charge in [-0.05, 0) is 27.0 Å². The van der Waals surface area contributed by atoms with Crippen molar-refractivity contribution in [3.8, 4) is 0 Å². The normalized spacial score (nSPS) is 11.5. The smallest absolute Gasteiger partial charge is 0.327 e. The summed E-state index contributed by atoms with van der Waals surface area (Å²) in [4.78, 5) is 11.3. The number of carbonyl (C=O) groups excluding carboxylic acids is 1. The van der Waals surface area contributed by atoms with Crippen molar-refractivity contribution in [3.63, 3.8) is 0 Å². The molecular weight excluding hydrogens is 224 g/mol. The van der Waals surface area contributed by atoms with E-state index in [0.29, 0.717) is 6.61 Å². The number of rotatable bonds is 5. The summed E-state index contributed by atoms with van der Waals surface area (Å²) >= 11 is 1.75. The van der Waals surface area contributed by atoms with Crippen LogP contribution in [0.5, 0.6) is 0 Å². The first-order chi connectivity index (χ1) is 7.49. The van der Waals surface area contributed by atoms with Gasteiger partial charge in [0.05, 0.1) is 12.8 Å². The minimum atomic E-state index is -0.251. The molecule has 0 aliphatic rings. The standard InChI is InChI=1S/C11H18N2O2S/c1-5-15-10(14)8-13-7-9(6-12-13)11(2,3)16-4/h6-7H,5,8H2,1-4H3. The van der Waals surface area contributed by atoms with Crippen LogP contribution in [0.4, 0.5) is 0 Å². The summed E-state index contributed by atoms with van der Waals surface area (Å²) < 4.78 is 6.50. The van der Waals surface area contributed by atoms with Crippen LogP contribution >= 0.6 is 11.8 Å². The van der Waals surface area contributed by atoms with E-state index in [9.17, 15) is 4.79 Å². The number of esters is 1. The molecule has 0 spiro atoms. The van der Waals surface area contributed by atoms with Crippen molar-refractivity contribution >= 4 is 17.7 Å². The molecule has 1 aromatic heterocycles. The van der Waals surface area contributed by atoms with E-state index in [1.54, 1.807) is 29.6 Å². The third kappa shape index (κ3) is 3.27. The molecule has 0 aliphatic carbocycles. The molecule has 1 heterocycles. The number of aromatic nitrogens is 2. The molecule has 0 saturated heterocycles. The van der Waals surface area contributed by atoms with E-state index in [2.05, 4.69) is 25.2 Å². The topological polar surface area (TPSA) is 44.1 Å². The van der Waals surface area contributed by atoms with Crippen LogP contribution in [-0.4, -0.2) is 28.6 Å². The molecule has 0 saturated carbocycles. The largest absolute Gasteiger partial charge is 0.465 e. The lowest BCUT2D eigenvalue weighted by atomic mass is 10.1. The minimum absolute atomic E-state index is 0.0207. The first-order valence-corrected chi connectivity index (χ1v) is 6.45. The second-order valence-electron chi connectivity index (χ2n) is 3.95. The maximum atomic E-state index is 11.3. The van der Waals surface area contributed by atoms with Gasteiger partial charge in [0.1, 0.15) is 6.54 Å². The fourth-order valence-corrected chi connectivity index (χ4v) is 1.56. The molecule has 16 heavy (non-hydrogen) atoms. The van der Waals surface area contributed by atoms with Crippen LogP contribution in [0.2, 0.25) is 0 Å². The molecule has 0 bridgehead atoms. The van der Waals surface area contributed by atoms with Crippen LogP contribution < -0.4 is 0 Å². The first kappa shape index (κ1) is 13.1. The van der Waals surface area contributed by atoms with Gasteiger partial charge in [-0.3, -0.25) is 9.48 Å². The zero-order valence-electron chi connectivity index (χ0n) is 10.2. The Bertz CT molecular complexity index is 361. The number of hydrogen-bond acceptors (Lipinski definition) is 4. The third-order valence-electron chi connectivity index (χ3n) is 2.44. The van der Waals surface area contributed by atoms with Gasteiger partial charge in [0.25, 0.3) is 0 Å². The maximum Gasteiger partial charge on any atom is 0.327 e. The molecule has 0 radical (unpaired) electrons. The number of thioether (sulfide) groups is 1. The molecular formula is C11H18N2O2S. The van der Waals surface area contributed by atoms with Gasteiger partial charge in [-0.25, -0.2) is 0 Å². The summed E-state index contributed by atoms with van der Waals surface area (Å²) in [6.45, 7) is 6.64. The summed E-state index contributed by atoms with van der Waals surface area (Å²) in [6, 6.07) is 0. The van der Waals surface area contributed by atoms with Crippen LogP contribution in [0, 0.1) is 0 Å². The summed E-state index contributed by atoms with van der Waals surface area (Å²) in [6.07, 6.45) is 5.76. The highest BCUT2D eigenvalue weighted by molar-refractivity contribution is 7.99. The van der Waals surface area contributed by atoms with E-state index < -0.39 is 0 Å². The Kier molecular flexibility index (Phi) is 4.41. The lowest BCUT2D eigenvalue weighted by molar-refractivity contribution is -0.144. The monoisotopic (exact) mass is 242 g/mol. The molecule has 1 aromatic rings. The Morgan fingerprint density at radius 1 is 1.62 bits per heavy atom.